The van der Waals surface area contributed by atoms with Gasteiger partial charge >= 0.3 is 5.97 Å². The lowest BCUT2D eigenvalue weighted by Gasteiger charge is -2.34. The van der Waals surface area contributed by atoms with Crippen molar-refractivity contribution in [1.82, 2.24) is 9.80 Å². The van der Waals surface area contributed by atoms with Gasteiger partial charge in [-0.2, -0.15) is 11.8 Å². The second-order valence-electron chi connectivity index (χ2n) is 6.99. The van der Waals surface area contributed by atoms with Crippen LogP contribution in [0.25, 0.3) is 0 Å². The van der Waals surface area contributed by atoms with Crippen molar-refractivity contribution in [1.29, 1.82) is 0 Å². The third-order valence-corrected chi connectivity index (χ3v) is 5.23. The molecule has 8 nitrogen and oxygen atoms in total. The number of nitrogens with two attached hydrogens (primary N) is 1. The molecule has 3 N–H and O–H groups in total. The van der Waals surface area contributed by atoms with Gasteiger partial charge in [0.15, 0.2) is 0 Å². The van der Waals surface area contributed by atoms with Crippen molar-refractivity contribution in [2.24, 2.45) is 11.7 Å². The molecule has 0 aliphatic carbocycles. The number of carbonyl (C=O) groups excluding carboxylic acids is 3. The number of hydrogen-bond donors (Lipinski definition) is 2. The number of likely N-dealkylation sites (N-methyl/N-ethyl adjacent to an activating group) is 2. The monoisotopic (exact) mass is 403 g/mol. The first-order chi connectivity index (χ1) is 12.5. The summed E-state index contributed by atoms with van der Waals surface area (Å²) in [5.74, 6) is -1.26. The van der Waals surface area contributed by atoms with E-state index in [-0.39, 0.29) is 29.9 Å². The number of primary amides is 1. The Labute approximate surface area is 165 Å². The van der Waals surface area contributed by atoms with Gasteiger partial charge in [0, 0.05) is 32.0 Å². The van der Waals surface area contributed by atoms with Crippen molar-refractivity contribution in [3.63, 3.8) is 0 Å². The van der Waals surface area contributed by atoms with Crippen molar-refractivity contribution in [3.8, 4) is 0 Å². The predicted octanol–water partition coefficient (Wildman–Crippen LogP) is 1.18. The molecule has 0 bridgehead atoms. The molecule has 0 radical (unpaired) electrons. The van der Waals surface area contributed by atoms with Crippen molar-refractivity contribution < 1.29 is 24.3 Å². The van der Waals surface area contributed by atoms with Crippen LogP contribution >= 0.6 is 11.8 Å². The molecule has 0 saturated heterocycles. The van der Waals surface area contributed by atoms with E-state index in [4.69, 9.17) is 10.8 Å². The fourth-order valence-electron chi connectivity index (χ4n) is 2.57. The van der Waals surface area contributed by atoms with Gasteiger partial charge in [-0.25, -0.2) is 0 Å². The maximum atomic E-state index is 13.0. The fourth-order valence-corrected chi connectivity index (χ4v) is 3.64. The molecular formula is C18H33N3O5S. The molecule has 0 unspecified atom stereocenters. The Balaban J connectivity index is 5.34. The van der Waals surface area contributed by atoms with Gasteiger partial charge in [0.1, 0.15) is 12.1 Å². The number of nitrogens with zero attached hydrogens (tertiary/aromatic N) is 2. The fraction of sp³-hybridized carbons (Fsp3) is 0.778. The average Bonchev–Trinajstić information content (AvgIpc) is 2.57. The summed E-state index contributed by atoms with van der Waals surface area (Å²) in [5, 5.41) is 8.76. The number of carbonyl (C=O) groups is 4. The Morgan fingerprint density at radius 2 is 1.63 bits per heavy atom. The van der Waals surface area contributed by atoms with E-state index < -0.39 is 24.0 Å². The van der Waals surface area contributed by atoms with Gasteiger partial charge in [-0.15, -0.1) is 0 Å². The minimum Gasteiger partial charge on any atom is -0.481 e. The highest BCUT2D eigenvalue weighted by Crippen LogP contribution is 2.17. The Bertz CT molecular complexity index is 527. The standard InChI is InChI=1S/C18H33N3O5S/c1-6-7-15(22)20(4)14(11-27-9-8-16(23)24)18(26)21(5)13(17(19)25)10-12(2)3/h12-14H,6-11H2,1-5H3,(H2,19,25)(H,23,24)/t13-,14+/m0/s1. The SMILES string of the molecule is CCCC(=O)N(C)[C@H](CSCCC(=O)O)C(=O)N(C)[C@@H](CC(C)C)C(N)=O. The topological polar surface area (TPSA) is 121 Å². The molecule has 0 rings (SSSR count). The van der Waals surface area contributed by atoms with Gasteiger partial charge in [-0.05, 0) is 18.8 Å². The number of thioether (sulfide) groups is 1. The van der Waals surface area contributed by atoms with Gasteiger partial charge in [-0.3, -0.25) is 19.2 Å². The van der Waals surface area contributed by atoms with Gasteiger partial charge < -0.3 is 20.6 Å². The Hall–Kier alpha value is -1.77. The van der Waals surface area contributed by atoms with Crippen molar-refractivity contribution in [2.45, 2.75) is 58.5 Å². The van der Waals surface area contributed by atoms with E-state index in [9.17, 15) is 19.2 Å². The number of hydrogen-bond acceptors (Lipinski definition) is 5. The first kappa shape index (κ1) is 25.2. The molecule has 3 amide bonds. The van der Waals surface area contributed by atoms with E-state index in [1.165, 1.54) is 28.6 Å². The third-order valence-electron chi connectivity index (χ3n) is 4.18. The number of carboxylic acids is 1. The summed E-state index contributed by atoms with van der Waals surface area (Å²) < 4.78 is 0. The van der Waals surface area contributed by atoms with Crippen LogP contribution in [0.4, 0.5) is 0 Å². The van der Waals surface area contributed by atoms with Crippen LogP contribution in [-0.4, -0.2) is 76.3 Å². The highest BCUT2D eigenvalue weighted by molar-refractivity contribution is 7.99. The molecule has 27 heavy (non-hydrogen) atoms. The van der Waals surface area contributed by atoms with Crippen LogP contribution in [0.3, 0.4) is 0 Å². The smallest absolute Gasteiger partial charge is 0.304 e. The molecule has 0 heterocycles. The zero-order valence-electron chi connectivity index (χ0n) is 16.9. The van der Waals surface area contributed by atoms with E-state index in [0.29, 0.717) is 25.0 Å². The van der Waals surface area contributed by atoms with Crippen molar-refractivity contribution in [3.05, 3.63) is 0 Å². The second-order valence-corrected chi connectivity index (χ2v) is 8.14. The van der Waals surface area contributed by atoms with Crippen molar-refractivity contribution >= 4 is 35.5 Å². The Kier molecular flexibility index (Phi) is 11.8. The van der Waals surface area contributed by atoms with Gasteiger partial charge in [0.25, 0.3) is 0 Å². The summed E-state index contributed by atoms with van der Waals surface area (Å²) in [4.78, 5) is 50.5. The number of amides is 3. The van der Waals surface area contributed by atoms with Crippen LogP contribution in [0.15, 0.2) is 0 Å². The van der Waals surface area contributed by atoms with Crippen LogP contribution in [0.5, 0.6) is 0 Å². The predicted molar refractivity (Wildman–Crippen MR) is 106 cm³/mol. The first-order valence-corrected chi connectivity index (χ1v) is 10.3. The molecule has 0 aliphatic heterocycles. The van der Waals surface area contributed by atoms with Crippen LogP contribution in [0.2, 0.25) is 0 Å². The van der Waals surface area contributed by atoms with Crippen LogP contribution in [-0.2, 0) is 19.2 Å². The average molecular weight is 404 g/mol. The molecule has 0 aromatic carbocycles. The highest BCUT2D eigenvalue weighted by atomic mass is 32.2. The largest absolute Gasteiger partial charge is 0.481 e. The molecule has 0 spiro atoms. The summed E-state index contributed by atoms with van der Waals surface area (Å²) >= 11 is 1.29. The minimum atomic E-state index is -0.913. The lowest BCUT2D eigenvalue weighted by atomic mass is 10.0. The lowest BCUT2D eigenvalue weighted by Crippen LogP contribution is -2.55. The highest BCUT2D eigenvalue weighted by Gasteiger charge is 2.34. The van der Waals surface area contributed by atoms with Crippen LogP contribution in [0.1, 0.15) is 46.5 Å². The van der Waals surface area contributed by atoms with Crippen molar-refractivity contribution in [2.75, 3.05) is 25.6 Å². The second kappa shape index (κ2) is 12.6. The molecule has 0 aromatic heterocycles. The summed E-state index contributed by atoms with van der Waals surface area (Å²) in [6, 6.07) is -1.53. The molecule has 9 heteroatoms. The third kappa shape index (κ3) is 9.12. The van der Waals surface area contributed by atoms with E-state index in [1.807, 2.05) is 20.8 Å². The molecule has 0 aliphatic rings. The maximum Gasteiger partial charge on any atom is 0.304 e. The molecule has 0 fully saturated rings. The summed E-state index contributed by atoms with van der Waals surface area (Å²) in [6.45, 7) is 5.75. The van der Waals surface area contributed by atoms with E-state index in [1.54, 1.807) is 7.05 Å². The zero-order chi connectivity index (χ0) is 21.1. The number of aliphatic carboxylic acids is 1. The Morgan fingerprint density at radius 3 is 2.07 bits per heavy atom. The van der Waals surface area contributed by atoms with Gasteiger partial charge in [-0.1, -0.05) is 20.8 Å². The number of rotatable bonds is 13. The summed E-state index contributed by atoms with van der Waals surface area (Å²) in [5.41, 5.74) is 5.48. The number of carboxylic acid groups (broad SMARTS) is 1. The van der Waals surface area contributed by atoms with Crippen LogP contribution < -0.4 is 5.73 Å². The molecular weight excluding hydrogens is 370 g/mol. The van der Waals surface area contributed by atoms with Crippen LogP contribution in [0, 0.1) is 5.92 Å². The van der Waals surface area contributed by atoms with Gasteiger partial charge in [0.05, 0.1) is 6.42 Å². The maximum absolute atomic E-state index is 13.0. The zero-order valence-corrected chi connectivity index (χ0v) is 17.8. The minimum absolute atomic E-state index is 0.0225. The molecule has 0 saturated carbocycles. The van der Waals surface area contributed by atoms with Gasteiger partial charge in [0.2, 0.25) is 17.7 Å². The normalized spacial score (nSPS) is 13.1. The van der Waals surface area contributed by atoms with E-state index in [2.05, 4.69) is 0 Å². The van der Waals surface area contributed by atoms with E-state index >= 15 is 0 Å². The molecule has 156 valence electrons. The molecule has 0 aromatic rings. The molecule has 2 atom stereocenters. The quantitative estimate of drug-likeness (QED) is 0.445. The summed E-state index contributed by atoms with van der Waals surface area (Å²) in [6.07, 6.45) is 1.38. The Morgan fingerprint density at radius 1 is 1.04 bits per heavy atom. The van der Waals surface area contributed by atoms with E-state index in [0.717, 1.165) is 0 Å². The first-order valence-electron chi connectivity index (χ1n) is 9.14. The lowest BCUT2D eigenvalue weighted by molar-refractivity contribution is -0.146. The summed E-state index contributed by atoms with van der Waals surface area (Å²) in [7, 11) is 3.08.